The fourth-order valence-electron chi connectivity index (χ4n) is 3.45. The number of nitrogens with zero attached hydrogens (tertiary/aromatic N) is 3. The summed E-state index contributed by atoms with van der Waals surface area (Å²) in [4.78, 5) is 18.6. The lowest BCUT2D eigenvalue weighted by atomic mass is 9.90. The number of aromatic nitrogens is 2. The molecule has 0 spiro atoms. The van der Waals surface area contributed by atoms with Crippen molar-refractivity contribution in [2.24, 2.45) is 13.0 Å². The van der Waals surface area contributed by atoms with Gasteiger partial charge in [0.2, 0.25) is 5.91 Å². The lowest BCUT2D eigenvalue weighted by Gasteiger charge is -2.34. The summed E-state index contributed by atoms with van der Waals surface area (Å²) in [6, 6.07) is 8.10. The molecule has 5 nitrogen and oxygen atoms in total. The summed E-state index contributed by atoms with van der Waals surface area (Å²) in [6.45, 7) is 3.45. The van der Waals surface area contributed by atoms with Crippen LogP contribution in [0.2, 0.25) is 0 Å². The maximum absolute atomic E-state index is 12.5. The molecular weight excluding hydrogens is 302 g/mol. The molecular formula is C19H25N3O2. The SMILES string of the molecule is Cc1cccc(CC(=O)N2CCC(C(O)c3nccn3C)CC2)c1. The molecule has 1 aromatic carbocycles. The first-order valence-electron chi connectivity index (χ1n) is 8.53. The van der Waals surface area contributed by atoms with Crippen LogP contribution in [-0.4, -0.2) is 38.6 Å². The minimum Gasteiger partial charge on any atom is -0.385 e. The van der Waals surface area contributed by atoms with Crippen LogP contribution in [0.5, 0.6) is 0 Å². The molecule has 1 saturated heterocycles. The van der Waals surface area contributed by atoms with Crippen LogP contribution in [0.4, 0.5) is 0 Å². The van der Waals surface area contributed by atoms with Crippen LogP contribution >= 0.6 is 0 Å². The van der Waals surface area contributed by atoms with E-state index >= 15 is 0 Å². The molecule has 2 heterocycles. The second kappa shape index (κ2) is 7.18. The van der Waals surface area contributed by atoms with Crippen LogP contribution in [0.3, 0.4) is 0 Å². The van der Waals surface area contributed by atoms with Crippen LogP contribution in [0.25, 0.3) is 0 Å². The lowest BCUT2D eigenvalue weighted by molar-refractivity contribution is -0.132. The van der Waals surface area contributed by atoms with Gasteiger partial charge in [0.15, 0.2) is 0 Å². The molecule has 3 rings (SSSR count). The summed E-state index contributed by atoms with van der Waals surface area (Å²) < 4.78 is 1.86. The van der Waals surface area contributed by atoms with Crippen molar-refractivity contribution in [3.05, 3.63) is 53.6 Å². The van der Waals surface area contributed by atoms with Crippen molar-refractivity contribution < 1.29 is 9.90 Å². The number of likely N-dealkylation sites (tertiary alicyclic amines) is 1. The number of hydrogen-bond donors (Lipinski definition) is 1. The Morgan fingerprint density at radius 3 is 2.75 bits per heavy atom. The van der Waals surface area contributed by atoms with Gasteiger partial charge in [-0.25, -0.2) is 4.98 Å². The summed E-state index contributed by atoms with van der Waals surface area (Å²) >= 11 is 0. The zero-order valence-electron chi connectivity index (χ0n) is 14.4. The Bertz CT molecular complexity index is 702. The highest BCUT2D eigenvalue weighted by atomic mass is 16.3. The van der Waals surface area contributed by atoms with E-state index in [2.05, 4.69) is 11.1 Å². The van der Waals surface area contributed by atoms with Gasteiger partial charge in [0.25, 0.3) is 0 Å². The number of amides is 1. The van der Waals surface area contributed by atoms with Gasteiger partial charge in [-0.05, 0) is 31.2 Å². The Kier molecular flexibility index (Phi) is 5.00. The fourth-order valence-corrected chi connectivity index (χ4v) is 3.45. The van der Waals surface area contributed by atoms with Gasteiger partial charge in [0.05, 0.1) is 6.42 Å². The first-order valence-corrected chi connectivity index (χ1v) is 8.53. The van der Waals surface area contributed by atoms with E-state index < -0.39 is 6.10 Å². The largest absolute Gasteiger partial charge is 0.385 e. The third-order valence-electron chi connectivity index (χ3n) is 4.90. The molecule has 5 heteroatoms. The number of hydrogen-bond acceptors (Lipinski definition) is 3. The minimum atomic E-state index is -0.556. The molecule has 1 N–H and O–H groups in total. The highest BCUT2D eigenvalue weighted by Gasteiger charge is 2.29. The van der Waals surface area contributed by atoms with Gasteiger partial charge in [-0.15, -0.1) is 0 Å². The Morgan fingerprint density at radius 2 is 2.12 bits per heavy atom. The summed E-state index contributed by atoms with van der Waals surface area (Å²) in [6.07, 6.45) is 5.08. The van der Waals surface area contributed by atoms with Crippen molar-refractivity contribution >= 4 is 5.91 Å². The molecule has 1 aromatic heterocycles. The highest BCUT2D eigenvalue weighted by molar-refractivity contribution is 5.78. The van der Waals surface area contributed by atoms with Crippen molar-refractivity contribution in [3.8, 4) is 0 Å². The van der Waals surface area contributed by atoms with E-state index in [4.69, 9.17) is 0 Å². The number of aliphatic hydroxyl groups excluding tert-OH is 1. The predicted octanol–water partition coefficient (Wildman–Crippen LogP) is 2.24. The zero-order valence-corrected chi connectivity index (χ0v) is 14.4. The van der Waals surface area contributed by atoms with Crippen LogP contribution < -0.4 is 0 Å². The quantitative estimate of drug-likeness (QED) is 0.937. The molecule has 2 aromatic rings. The molecule has 128 valence electrons. The normalized spacial score (nSPS) is 17.0. The highest BCUT2D eigenvalue weighted by Crippen LogP contribution is 2.29. The average molecular weight is 327 g/mol. The first kappa shape index (κ1) is 16.7. The van der Waals surface area contributed by atoms with E-state index in [0.29, 0.717) is 25.3 Å². The smallest absolute Gasteiger partial charge is 0.226 e. The van der Waals surface area contributed by atoms with Gasteiger partial charge in [0.1, 0.15) is 11.9 Å². The maximum Gasteiger partial charge on any atom is 0.226 e. The first-order chi connectivity index (χ1) is 11.5. The maximum atomic E-state index is 12.5. The Labute approximate surface area is 142 Å². The molecule has 1 unspecified atom stereocenters. The molecule has 0 saturated carbocycles. The van der Waals surface area contributed by atoms with Crippen molar-refractivity contribution in [1.29, 1.82) is 0 Å². The molecule has 24 heavy (non-hydrogen) atoms. The number of piperidine rings is 1. The van der Waals surface area contributed by atoms with E-state index in [1.807, 2.05) is 47.8 Å². The molecule has 1 fully saturated rings. The van der Waals surface area contributed by atoms with E-state index in [0.717, 1.165) is 18.4 Å². The van der Waals surface area contributed by atoms with Crippen molar-refractivity contribution in [3.63, 3.8) is 0 Å². The third-order valence-corrected chi connectivity index (χ3v) is 4.90. The molecule has 0 bridgehead atoms. The van der Waals surface area contributed by atoms with Gasteiger partial charge >= 0.3 is 0 Å². The Morgan fingerprint density at radius 1 is 1.38 bits per heavy atom. The molecule has 1 atom stereocenters. The molecule has 0 aliphatic carbocycles. The van der Waals surface area contributed by atoms with E-state index in [9.17, 15) is 9.90 Å². The molecule has 1 aliphatic heterocycles. The molecule has 1 aliphatic rings. The molecule has 1 amide bonds. The predicted molar refractivity (Wildman–Crippen MR) is 92.4 cm³/mol. The summed E-state index contributed by atoms with van der Waals surface area (Å²) in [5.74, 6) is 1.04. The van der Waals surface area contributed by atoms with Gasteiger partial charge < -0.3 is 14.6 Å². The number of benzene rings is 1. The number of aliphatic hydroxyl groups is 1. The summed E-state index contributed by atoms with van der Waals surface area (Å²) in [7, 11) is 1.89. The van der Waals surface area contributed by atoms with Crippen molar-refractivity contribution in [2.45, 2.75) is 32.3 Å². The third kappa shape index (κ3) is 3.67. The van der Waals surface area contributed by atoms with Crippen molar-refractivity contribution in [1.82, 2.24) is 14.5 Å². The standard InChI is InChI=1S/C19H25N3O2/c1-14-4-3-5-15(12-14)13-17(23)22-9-6-16(7-10-22)18(24)19-20-8-11-21(19)2/h3-5,8,11-12,16,18,24H,6-7,9-10,13H2,1-2H3. The van der Waals surface area contributed by atoms with Gasteiger partial charge in [0, 0.05) is 32.5 Å². The second-order valence-corrected chi connectivity index (χ2v) is 6.73. The van der Waals surface area contributed by atoms with Crippen LogP contribution in [0.15, 0.2) is 36.7 Å². The van der Waals surface area contributed by atoms with Crippen molar-refractivity contribution in [2.75, 3.05) is 13.1 Å². The average Bonchev–Trinajstić information content (AvgIpc) is 3.00. The summed E-state index contributed by atoms with van der Waals surface area (Å²) in [5, 5.41) is 10.5. The van der Waals surface area contributed by atoms with Gasteiger partial charge in [-0.1, -0.05) is 29.8 Å². The van der Waals surface area contributed by atoms with Gasteiger partial charge in [-0.3, -0.25) is 4.79 Å². The van der Waals surface area contributed by atoms with Crippen LogP contribution in [0.1, 0.15) is 35.9 Å². The number of carbonyl (C=O) groups excluding carboxylic acids is 1. The molecule has 0 radical (unpaired) electrons. The Hall–Kier alpha value is -2.14. The number of carbonyl (C=O) groups is 1. The monoisotopic (exact) mass is 327 g/mol. The van der Waals surface area contributed by atoms with E-state index in [1.165, 1.54) is 5.56 Å². The van der Waals surface area contributed by atoms with Gasteiger partial charge in [-0.2, -0.15) is 0 Å². The second-order valence-electron chi connectivity index (χ2n) is 6.73. The number of aryl methyl sites for hydroxylation is 2. The number of imidazole rings is 1. The van der Waals surface area contributed by atoms with E-state index in [-0.39, 0.29) is 11.8 Å². The fraction of sp³-hybridized carbons (Fsp3) is 0.474. The Balaban J connectivity index is 1.55. The minimum absolute atomic E-state index is 0.161. The van der Waals surface area contributed by atoms with E-state index in [1.54, 1.807) is 6.20 Å². The topological polar surface area (TPSA) is 58.4 Å². The zero-order chi connectivity index (χ0) is 17.1. The lowest BCUT2D eigenvalue weighted by Crippen LogP contribution is -2.40. The number of rotatable bonds is 4. The summed E-state index contributed by atoms with van der Waals surface area (Å²) in [5.41, 5.74) is 2.24. The van der Waals surface area contributed by atoms with Crippen LogP contribution in [0, 0.1) is 12.8 Å². The van der Waals surface area contributed by atoms with Crippen LogP contribution in [-0.2, 0) is 18.3 Å².